The van der Waals surface area contributed by atoms with E-state index in [-0.39, 0.29) is 23.6 Å². The number of esters is 1. The number of rotatable bonds is 7. The maximum Gasteiger partial charge on any atom is 0.375 e. The molecule has 1 fully saturated rings. The molecular formula is C25H25Br2N7O3. The average molecular weight is 631 g/mol. The molecule has 0 aliphatic heterocycles. The maximum absolute atomic E-state index is 12.0. The Balaban J connectivity index is 0.000000176. The number of nitrogens with one attached hydrogen (secondary N) is 3. The van der Waals surface area contributed by atoms with E-state index in [1.807, 2.05) is 55.5 Å². The van der Waals surface area contributed by atoms with Crippen molar-refractivity contribution in [2.45, 2.75) is 32.7 Å². The van der Waals surface area contributed by atoms with Crippen LogP contribution >= 0.6 is 31.9 Å². The number of benzene rings is 2. The van der Waals surface area contributed by atoms with E-state index >= 15 is 0 Å². The second kappa shape index (κ2) is 12.2. The highest BCUT2D eigenvalue weighted by Crippen LogP contribution is 2.32. The van der Waals surface area contributed by atoms with Gasteiger partial charge in [-0.15, -0.1) is 0 Å². The van der Waals surface area contributed by atoms with Crippen LogP contribution in [0.15, 0.2) is 57.5 Å². The Morgan fingerprint density at radius 3 is 2.03 bits per heavy atom. The molecule has 1 amide bonds. The maximum atomic E-state index is 12.0. The van der Waals surface area contributed by atoms with E-state index in [4.69, 9.17) is 4.74 Å². The summed E-state index contributed by atoms with van der Waals surface area (Å²) in [7, 11) is 0. The summed E-state index contributed by atoms with van der Waals surface area (Å²) in [5.41, 5.74) is 1.69. The van der Waals surface area contributed by atoms with E-state index in [9.17, 15) is 9.59 Å². The number of ether oxygens (including phenoxy) is 1. The van der Waals surface area contributed by atoms with Crippen molar-refractivity contribution in [3.8, 4) is 22.8 Å². The molecule has 0 bridgehead atoms. The van der Waals surface area contributed by atoms with Crippen LogP contribution in [-0.4, -0.2) is 54.9 Å². The largest absolute Gasteiger partial charge is 0.460 e. The van der Waals surface area contributed by atoms with Gasteiger partial charge in [-0.3, -0.25) is 15.0 Å². The Bertz CT molecular complexity index is 1380. The number of amides is 1. The lowest BCUT2D eigenvalue weighted by Gasteiger charge is -2.10. The number of H-pyrrole nitrogens is 2. The fourth-order valence-electron chi connectivity index (χ4n) is 3.42. The summed E-state index contributed by atoms with van der Waals surface area (Å²) in [5.74, 6) is 1.28. The Morgan fingerprint density at radius 2 is 1.51 bits per heavy atom. The van der Waals surface area contributed by atoms with Gasteiger partial charge in [0, 0.05) is 26.1 Å². The molecular weight excluding hydrogens is 606 g/mol. The number of carbonyl (C=O) groups excluding carboxylic acids is 2. The number of carbonyl (C=O) groups is 2. The SMILES string of the molecule is CC(NC(=O)c1nc(-c2cccc(Br)c2)n[nH]1)C1CC1.CCOC(=O)c1nc(-c2cccc(Br)c2)n[nH]1. The molecule has 1 aliphatic carbocycles. The van der Waals surface area contributed by atoms with Gasteiger partial charge in [-0.25, -0.2) is 14.8 Å². The molecule has 0 radical (unpaired) electrons. The third kappa shape index (κ3) is 7.32. The number of aromatic amines is 2. The molecule has 1 atom stereocenters. The number of hydrogen-bond acceptors (Lipinski definition) is 7. The van der Waals surface area contributed by atoms with Gasteiger partial charge >= 0.3 is 5.97 Å². The summed E-state index contributed by atoms with van der Waals surface area (Å²) in [6.45, 7) is 4.08. The molecule has 3 N–H and O–H groups in total. The molecule has 2 heterocycles. The van der Waals surface area contributed by atoms with Gasteiger partial charge < -0.3 is 10.1 Å². The van der Waals surface area contributed by atoms with Gasteiger partial charge in [0.25, 0.3) is 5.91 Å². The van der Waals surface area contributed by atoms with Gasteiger partial charge in [0.1, 0.15) is 0 Å². The van der Waals surface area contributed by atoms with E-state index in [2.05, 4.69) is 67.5 Å². The minimum absolute atomic E-state index is 0.113. The molecule has 1 saturated carbocycles. The molecule has 10 nitrogen and oxygen atoms in total. The quantitative estimate of drug-likeness (QED) is 0.239. The summed E-state index contributed by atoms with van der Waals surface area (Å²) in [5, 5.41) is 16.3. The zero-order chi connectivity index (χ0) is 26.4. The summed E-state index contributed by atoms with van der Waals surface area (Å²) in [6, 6.07) is 15.4. The first-order chi connectivity index (χ1) is 17.8. The van der Waals surface area contributed by atoms with Crippen LogP contribution in [0.25, 0.3) is 22.8 Å². The number of halogens is 2. The highest BCUT2D eigenvalue weighted by Gasteiger charge is 2.29. The van der Waals surface area contributed by atoms with Gasteiger partial charge in [0.2, 0.25) is 11.6 Å². The normalized spacial score (nSPS) is 13.3. The van der Waals surface area contributed by atoms with Crippen LogP contribution in [-0.2, 0) is 4.74 Å². The number of nitrogens with zero attached hydrogens (tertiary/aromatic N) is 4. The first kappa shape index (κ1) is 26.7. The molecule has 37 heavy (non-hydrogen) atoms. The van der Waals surface area contributed by atoms with Crippen molar-refractivity contribution in [2.24, 2.45) is 5.92 Å². The molecule has 0 saturated heterocycles. The molecule has 4 aromatic rings. The van der Waals surface area contributed by atoms with Crippen molar-refractivity contribution >= 4 is 43.7 Å². The van der Waals surface area contributed by atoms with Crippen LogP contribution in [0.2, 0.25) is 0 Å². The Hall–Kier alpha value is -3.38. The van der Waals surface area contributed by atoms with Crippen LogP contribution in [0, 0.1) is 5.92 Å². The third-order valence-corrected chi connectivity index (χ3v) is 6.49. The Kier molecular flexibility index (Phi) is 8.82. The molecule has 2 aromatic carbocycles. The van der Waals surface area contributed by atoms with Gasteiger partial charge in [0.05, 0.1) is 6.61 Å². The fraction of sp³-hybridized carbons (Fsp3) is 0.280. The monoisotopic (exact) mass is 629 g/mol. The van der Waals surface area contributed by atoms with Crippen molar-refractivity contribution in [3.05, 3.63) is 69.1 Å². The number of hydrogen-bond donors (Lipinski definition) is 3. The van der Waals surface area contributed by atoms with Crippen molar-refractivity contribution in [1.82, 2.24) is 35.7 Å². The second-order valence-corrected chi connectivity index (χ2v) is 10.2. The third-order valence-electron chi connectivity index (χ3n) is 5.51. The summed E-state index contributed by atoms with van der Waals surface area (Å²) >= 11 is 6.77. The van der Waals surface area contributed by atoms with E-state index in [1.54, 1.807) is 6.92 Å². The number of aromatic nitrogens is 6. The van der Waals surface area contributed by atoms with Gasteiger partial charge in [-0.2, -0.15) is 10.2 Å². The first-order valence-corrected chi connectivity index (χ1v) is 13.3. The van der Waals surface area contributed by atoms with Crippen molar-refractivity contribution < 1.29 is 14.3 Å². The zero-order valence-electron chi connectivity index (χ0n) is 20.2. The molecule has 5 rings (SSSR count). The second-order valence-electron chi connectivity index (χ2n) is 8.36. The standard InChI is InChI=1S/C14H15BrN4O.C11H10BrN3O2/c1-8(9-5-6-9)16-14(20)13-17-12(18-19-13)10-3-2-4-11(15)7-10;1-2-17-11(16)10-13-9(14-15-10)7-4-3-5-8(12)6-7/h2-4,7-9H,5-6H2,1H3,(H,16,20)(H,17,18,19);3-6H,2H2,1H3,(H,13,14,15). The molecule has 12 heteroatoms. The Labute approximate surface area is 230 Å². The molecule has 1 aliphatic rings. The lowest BCUT2D eigenvalue weighted by atomic mass is 10.2. The van der Waals surface area contributed by atoms with Crippen LogP contribution in [0.4, 0.5) is 0 Å². The van der Waals surface area contributed by atoms with E-state index < -0.39 is 5.97 Å². The molecule has 2 aromatic heterocycles. The Morgan fingerprint density at radius 1 is 0.973 bits per heavy atom. The molecule has 0 spiro atoms. The summed E-state index contributed by atoms with van der Waals surface area (Å²) in [4.78, 5) is 31.8. The van der Waals surface area contributed by atoms with Gasteiger partial charge in [-0.1, -0.05) is 56.1 Å². The minimum Gasteiger partial charge on any atom is -0.460 e. The topological polar surface area (TPSA) is 139 Å². The van der Waals surface area contributed by atoms with E-state index in [0.29, 0.717) is 24.2 Å². The zero-order valence-corrected chi connectivity index (χ0v) is 23.3. The summed E-state index contributed by atoms with van der Waals surface area (Å²) < 4.78 is 6.70. The highest BCUT2D eigenvalue weighted by molar-refractivity contribution is 9.10. The first-order valence-electron chi connectivity index (χ1n) is 11.7. The minimum atomic E-state index is -0.499. The van der Waals surface area contributed by atoms with Crippen molar-refractivity contribution in [1.29, 1.82) is 0 Å². The molecule has 1 unspecified atom stereocenters. The predicted octanol–water partition coefficient (Wildman–Crippen LogP) is 5.17. The fourth-order valence-corrected chi connectivity index (χ4v) is 4.22. The average Bonchev–Trinajstić information content (AvgIpc) is 3.40. The van der Waals surface area contributed by atoms with Crippen molar-refractivity contribution in [3.63, 3.8) is 0 Å². The van der Waals surface area contributed by atoms with Crippen LogP contribution in [0.5, 0.6) is 0 Å². The van der Waals surface area contributed by atoms with Crippen LogP contribution in [0.3, 0.4) is 0 Å². The molecule has 192 valence electrons. The van der Waals surface area contributed by atoms with E-state index in [0.717, 1.165) is 20.1 Å². The van der Waals surface area contributed by atoms with Gasteiger partial charge in [-0.05, 0) is 56.9 Å². The van der Waals surface area contributed by atoms with Crippen LogP contribution in [0.1, 0.15) is 47.9 Å². The van der Waals surface area contributed by atoms with Crippen molar-refractivity contribution in [2.75, 3.05) is 6.61 Å². The van der Waals surface area contributed by atoms with Crippen LogP contribution < -0.4 is 5.32 Å². The van der Waals surface area contributed by atoms with Gasteiger partial charge in [0.15, 0.2) is 11.6 Å². The smallest absolute Gasteiger partial charge is 0.375 e. The lowest BCUT2D eigenvalue weighted by Crippen LogP contribution is -2.34. The predicted molar refractivity (Wildman–Crippen MR) is 145 cm³/mol. The van der Waals surface area contributed by atoms with E-state index in [1.165, 1.54) is 12.8 Å². The lowest BCUT2D eigenvalue weighted by molar-refractivity contribution is 0.0512. The summed E-state index contributed by atoms with van der Waals surface area (Å²) in [6.07, 6.45) is 2.39. The highest BCUT2D eigenvalue weighted by atomic mass is 79.9.